The Morgan fingerprint density at radius 2 is 2.36 bits per heavy atom. The van der Waals surface area contributed by atoms with Gasteiger partial charge in [-0.1, -0.05) is 0 Å². The maximum atomic E-state index is 10.2. The lowest BCUT2D eigenvalue weighted by Gasteiger charge is -2.05. The molecule has 0 aromatic carbocycles. The quantitative estimate of drug-likeness (QED) is 0.413. The third-order valence-corrected chi connectivity index (χ3v) is 1.10. The van der Waals surface area contributed by atoms with Gasteiger partial charge < -0.3 is 21.9 Å². The van der Waals surface area contributed by atoms with Crippen LogP contribution in [0.15, 0.2) is 11.9 Å². The molecular formula is C6H13N3O2. The molecular weight excluding hydrogens is 146 g/mol. The van der Waals surface area contributed by atoms with E-state index >= 15 is 0 Å². The van der Waals surface area contributed by atoms with Crippen LogP contribution in [0.4, 0.5) is 0 Å². The monoisotopic (exact) mass is 159 g/mol. The number of carbonyl (C=O) groups is 1. The summed E-state index contributed by atoms with van der Waals surface area (Å²) >= 11 is 0. The lowest BCUT2D eigenvalue weighted by atomic mass is 10.2. The number of rotatable bonds is 4. The average Bonchev–Trinajstić information content (AvgIpc) is 1.87. The normalized spacial score (nSPS) is 14.2. The smallest absolute Gasteiger partial charge is 0.320 e. The largest absolute Gasteiger partial charge is 0.480 e. The van der Waals surface area contributed by atoms with Gasteiger partial charge in [0.1, 0.15) is 6.04 Å². The summed E-state index contributed by atoms with van der Waals surface area (Å²) < 4.78 is 0. The molecule has 0 fully saturated rings. The summed E-state index contributed by atoms with van der Waals surface area (Å²) in [6.07, 6.45) is 1.68. The van der Waals surface area contributed by atoms with Gasteiger partial charge in [-0.15, -0.1) is 0 Å². The van der Waals surface area contributed by atoms with Gasteiger partial charge in [0.2, 0.25) is 0 Å². The van der Waals surface area contributed by atoms with Crippen LogP contribution in [0.25, 0.3) is 0 Å². The Hall–Kier alpha value is -1.23. The molecule has 0 aromatic heterocycles. The summed E-state index contributed by atoms with van der Waals surface area (Å²) in [5.74, 6) is -1.04. The van der Waals surface area contributed by atoms with Gasteiger partial charge in [-0.2, -0.15) is 0 Å². The predicted octanol–water partition coefficient (Wildman–Crippen LogP) is -1.19. The lowest BCUT2D eigenvalue weighted by molar-refractivity contribution is -0.138. The molecule has 1 unspecified atom stereocenters. The molecule has 0 aliphatic heterocycles. The van der Waals surface area contributed by atoms with E-state index < -0.39 is 12.0 Å². The molecule has 0 amide bonds. The van der Waals surface area contributed by atoms with Gasteiger partial charge in [0.05, 0.1) is 0 Å². The standard InChI is InChI=1S/C6H13N3O2/c1-9-3-4(7)2-5(8)6(10)11/h3,5,9H,2,7-8H2,1H3,(H,10,11)/b4-3-. The summed E-state index contributed by atoms with van der Waals surface area (Å²) in [5.41, 5.74) is 11.0. The van der Waals surface area contributed by atoms with Gasteiger partial charge in [0.15, 0.2) is 0 Å². The fourth-order valence-corrected chi connectivity index (χ4v) is 0.586. The van der Waals surface area contributed by atoms with Crippen molar-refractivity contribution in [1.29, 1.82) is 0 Å². The van der Waals surface area contributed by atoms with E-state index in [9.17, 15) is 4.79 Å². The molecule has 11 heavy (non-hydrogen) atoms. The number of nitrogens with two attached hydrogens (primary N) is 2. The molecule has 0 radical (unpaired) electrons. The first-order valence-electron chi connectivity index (χ1n) is 3.18. The van der Waals surface area contributed by atoms with Crippen LogP contribution in [-0.2, 0) is 4.79 Å². The van der Waals surface area contributed by atoms with Gasteiger partial charge in [0.25, 0.3) is 0 Å². The van der Waals surface area contributed by atoms with E-state index in [2.05, 4.69) is 5.32 Å². The maximum Gasteiger partial charge on any atom is 0.320 e. The third-order valence-electron chi connectivity index (χ3n) is 1.10. The van der Waals surface area contributed by atoms with Crippen LogP contribution < -0.4 is 16.8 Å². The van der Waals surface area contributed by atoms with Crippen molar-refractivity contribution in [3.05, 3.63) is 11.9 Å². The molecule has 5 heteroatoms. The summed E-state index contributed by atoms with van der Waals surface area (Å²) in [5, 5.41) is 11.0. The number of carboxylic acid groups (broad SMARTS) is 1. The van der Waals surface area contributed by atoms with Crippen molar-refractivity contribution >= 4 is 5.97 Å². The number of aliphatic carboxylic acids is 1. The van der Waals surface area contributed by atoms with Crippen LogP contribution in [0.2, 0.25) is 0 Å². The molecule has 0 bridgehead atoms. The highest BCUT2D eigenvalue weighted by molar-refractivity contribution is 5.73. The highest BCUT2D eigenvalue weighted by atomic mass is 16.4. The van der Waals surface area contributed by atoms with Crippen LogP contribution in [0, 0.1) is 0 Å². The van der Waals surface area contributed by atoms with E-state index in [-0.39, 0.29) is 6.42 Å². The SMILES string of the molecule is CN/C=C(\N)CC(N)C(=O)O. The Labute approximate surface area is 65.1 Å². The van der Waals surface area contributed by atoms with Crippen LogP contribution in [0.5, 0.6) is 0 Å². The van der Waals surface area contributed by atoms with E-state index in [0.29, 0.717) is 5.70 Å². The van der Waals surface area contributed by atoms with Crippen LogP contribution >= 0.6 is 0 Å². The number of carboxylic acids is 1. The summed E-state index contributed by atoms with van der Waals surface area (Å²) in [6, 6.07) is -0.917. The van der Waals surface area contributed by atoms with E-state index in [1.807, 2.05) is 0 Å². The van der Waals surface area contributed by atoms with E-state index in [0.717, 1.165) is 0 Å². The van der Waals surface area contributed by atoms with Crippen molar-refractivity contribution in [3.8, 4) is 0 Å². The molecule has 0 heterocycles. The summed E-state index contributed by atoms with van der Waals surface area (Å²) in [4.78, 5) is 10.2. The van der Waals surface area contributed by atoms with Crippen molar-refractivity contribution in [1.82, 2.24) is 5.32 Å². The molecule has 5 nitrogen and oxygen atoms in total. The molecule has 0 aliphatic rings. The second-order valence-electron chi connectivity index (χ2n) is 2.16. The van der Waals surface area contributed by atoms with Gasteiger partial charge in [0, 0.05) is 25.4 Å². The van der Waals surface area contributed by atoms with Gasteiger partial charge >= 0.3 is 5.97 Å². The topological polar surface area (TPSA) is 101 Å². The third kappa shape index (κ3) is 4.21. The second-order valence-corrected chi connectivity index (χ2v) is 2.16. The van der Waals surface area contributed by atoms with Crippen molar-refractivity contribution in [3.63, 3.8) is 0 Å². The van der Waals surface area contributed by atoms with Crippen molar-refractivity contribution < 1.29 is 9.90 Å². The molecule has 0 saturated carbocycles. The number of hydrogen-bond donors (Lipinski definition) is 4. The highest BCUT2D eigenvalue weighted by Gasteiger charge is 2.11. The summed E-state index contributed by atoms with van der Waals surface area (Å²) in [6.45, 7) is 0. The first kappa shape index (κ1) is 9.77. The molecule has 0 spiro atoms. The number of nitrogens with one attached hydrogen (secondary N) is 1. The molecule has 6 N–H and O–H groups in total. The van der Waals surface area contributed by atoms with Gasteiger partial charge in [-0.3, -0.25) is 4.79 Å². The maximum absolute atomic E-state index is 10.2. The van der Waals surface area contributed by atoms with Crippen molar-refractivity contribution in [2.24, 2.45) is 11.5 Å². The molecule has 0 rings (SSSR count). The minimum atomic E-state index is -1.04. The molecule has 0 aliphatic carbocycles. The second kappa shape index (κ2) is 4.56. The fourth-order valence-electron chi connectivity index (χ4n) is 0.586. The van der Waals surface area contributed by atoms with Gasteiger partial charge in [-0.25, -0.2) is 0 Å². The highest BCUT2D eigenvalue weighted by Crippen LogP contribution is 1.95. The van der Waals surface area contributed by atoms with Crippen molar-refractivity contribution in [2.75, 3.05) is 7.05 Å². The zero-order chi connectivity index (χ0) is 8.85. The molecule has 64 valence electrons. The zero-order valence-corrected chi connectivity index (χ0v) is 6.37. The van der Waals surface area contributed by atoms with E-state index in [1.165, 1.54) is 6.20 Å². The fraction of sp³-hybridized carbons (Fsp3) is 0.500. The Morgan fingerprint density at radius 3 is 2.73 bits per heavy atom. The zero-order valence-electron chi connectivity index (χ0n) is 6.37. The summed E-state index contributed by atoms with van der Waals surface area (Å²) in [7, 11) is 1.68. The molecule has 1 atom stereocenters. The first-order valence-corrected chi connectivity index (χ1v) is 3.18. The van der Waals surface area contributed by atoms with Crippen molar-refractivity contribution in [2.45, 2.75) is 12.5 Å². The van der Waals surface area contributed by atoms with E-state index in [1.54, 1.807) is 7.05 Å². The van der Waals surface area contributed by atoms with Gasteiger partial charge in [-0.05, 0) is 0 Å². The molecule has 0 saturated heterocycles. The minimum Gasteiger partial charge on any atom is -0.480 e. The average molecular weight is 159 g/mol. The molecule has 0 aromatic rings. The Bertz CT molecular complexity index is 167. The Morgan fingerprint density at radius 1 is 1.82 bits per heavy atom. The van der Waals surface area contributed by atoms with Crippen LogP contribution in [0.1, 0.15) is 6.42 Å². The Balaban J connectivity index is 3.84. The van der Waals surface area contributed by atoms with E-state index in [4.69, 9.17) is 16.6 Å². The number of hydrogen-bond acceptors (Lipinski definition) is 4. The predicted molar refractivity (Wildman–Crippen MR) is 41.6 cm³/mol. The lowest BCUT2D eigenvalue weighted by Crippen LogP contribution is -2.31. The Kier molecular flexibility index (Phi) is 4.05. The first-order chi connectivity index (χ1) is 5.07. The van der Waals surface area contributed by atoms with Crippen LogP contribution in [-0.4, -0.2) is 24.2 Å². The minimum absolute atomic E-state index is 0.163. The van der Waals surface area contributed by atoms with Crippen LogP contribution in [0.3, 0.4) is 0 Å².